The van der Waals surface area contributed by atoms with Gasteiger partial charge in [0.1, 0.15) is 5.82 Å². The number of hydrogen-bond acceptors (Lipinski definition) is 3. The molecule has 1 aromatic carbocycles. The van der Waals surface area contributed by atoms with Crippen LogP contribution in [0.2, 0.25) is 0 Å². The Morgan fingerprint density at radius 3 is 2.94 bits per heavy atom. The molecule has 0 aliphatic rings. The fourth-order valence-electron chi connectivity index (χ4n) is 1.32. The van der Waals surface area contributed by atoms with Crippen molar-refractivity contribution in [1.29, 1.82) is 0 Å². The monoisotopic (exact) mass is 362 g/mol. The highest BCUT2D eigenvalue weighted by Gasteiger charge is 2.16. The van der Waals surface area contributed by atoms with Crippen LogP contribution in [0.15, 0.2) is 27.2 Å². The van der Waals surface area contributed by atoms with E-state index < -0.39 is 0 Å². The summed E-state index contributed by atoms with van der Waals surface area (Å²) in [6.07, 6.45) is 0.839. The van der Waals surface area contributed by atoms with Crippen LogP contribution in [-0.4, -0.2) is 10.1 Å². The minimum Gasteiger partial charge on any atom is -0.338 e. The van der Waals surface area contributed by atoms with E-state index in [4.69, 9.17) is 4.52 Å². The van der Waals surface area contributed by atoms with Gasteiger partial charge in [0.25, 0.3) is 0 Å². The maximum Gasteiger partial charge on any atom is 0.240 e. The van der Waals surface area contributed by atoms with E-state index in [0.29, 0.717) is 17.3 Å². The molecule has 0 aliphatic heterocycles. The fraction of sp³-hybridized carbons (Fsp3) is 0.273. The van der Waals surface area contributed by atoms with Gasteiger partial charge in [-0.25, -0.2) is 4.39 Å². The summed E-state index contributed by atoms with van der Waals surface area (Å²) < 4.78 is 19.0. The van der Waals surface area contributed by atoms with Crippen molar-refractivity contribution in [3.63, 3.8) is 0 Å². The Bertz CT molecular complexity index is 530. The molecule has 6 heteroatoms. The first kappa shape index (κ1) is 12.7. The number of alkyl halides is 1. The normalized spacial score (nSPS) is 12.7. The van der Waals surface area contributed by atoms with E-state index in [1.54, 1.807) is 6.07 Å². The maximum absolute atomic E-state index is 13.1. The topological polar surface area (TPSA) is 38.9 Å². The van der Waals surface area contributed by atoms with Gasteiger partial charge in [-0.3, -0.25) is 0 Å². The second-order valence-electron chi connectivity index (χ2n) is 3.46. The molecule has 0 bridgehead atoms. The number of rotatable bonds is 3. The lowest BCUT2D eigenvalue weighted by Gasteiger charge is -1.99. The van der Waals surface area contributed by atoms with Crippen LogP contribution < -0.4 is 0 Å². The van der Waals surface area contributed by atoms with Crippen molar-refractivity contribution in [1.82, 2.24) is 10.1 Å². The van der Waals surface area contributed by atoms with E-state index in [2.05, 4.69) is 42.0 Å². The van der Waals surface area contributed by atoms with E-state index in [1.165, 1.54) is 12.1 Å². The van der Waals surface area contributed by atoms with E-state index in [9.17, 15) is 4.39 Å². The summed E-state index contributed by atoms with van der Waals surface area (Å²) in [5.74, 6) is 0.545. The highest BCUT2D eigenvalue weighted by Crippen LogP contribution is 2.30. The van der Waals surface area contributed by atoms with Gasteiger partial charge >= 0.3 is 0 Å². The zero-order valence-corrected chi connectivity index (χ0v) is 12.1. The number of aromatic nitrogens is 2. The van der Waals surface area contributed by atoms with Crippen LogP contribution in [0.25, 0.3) is 11.4 Å². The van der Waals surface area contributed by atoms with Crippen LogP contribution in [0, 0.1) is 5.82 Å². The largest absolute Gasteiger partial charge is 0.338 e. The van der Waals surface area contributed by atoms with Gasteiger partial charge < -0.3 is 4.52 Å². The Morgan fingerprint density at radius 2 is 2.24 bits per heavy atom. The van der Waals surface area contributed by atoms with E-state index >= 15 is 0 Å². The number of hydrogen-bond donors (Lipinski definition) is 0. The molecular formula is C11H9Br2FN2O. The number of halogens is 3. The summed E-state index contributed by atoms with van der Waals surface area (Å²) in [7, 11) is 0. The lowest BCUT2D eigenvalue weighted by Crippen LogP contribution is -1.88. The molecule has 2 rings (SSSR count). The first-order valence-corrected chi connectivity index (χ1v) is 6.75. The average Bonchev–Trinajstić information content (AvgIpc) is 2.80. The Hall–Kier alpha value is -0.750. The van der Waals surface area contributed by atoms with Crippen LogP contribution in [0.3, 0.4) is 0 Å². The fourth-order valence-corrected chi connectivity index (χ4v) is 1.93. The molecule has 1 unspecified atom stereocenters. The second-order valence-corrected chi connectivity index (χ2v) is 5.42. The van der Waals surface area contributed by atoms with Crippen molar-refractivity contribution >= 4 is 31.9 Å². The van der Waals surface area contributed by atoms with Gasteiger partial charge in [-0.2, -0.15) is 4.98 Å². The van der Waals surface area contributed by atoms with Gasteiger partial charge in [0.05, 0.1) is 4.83 Å². The molecule has 1 atom stereocenters. The molecular weight excluding hydrogens is 355 g/mol. The third-order valence-corrected chi connectivity index (χ3v) is 3.97. The molecule has 0 saturated carbocycles. The summed E-state index contributed by atoms with van der Waals surface area (Å²) in [4.78, 5) is 4.26. The Labute approximate surface area is 115 Å². The number of nitrogens with zero attached hydrogens (tertiary/aromatic N) is 2. The quantitative estimate of drug-likeness (QED) is 0.754. The minimum atomic E-state index is -0.333. The van der Waals surface area contributed by atoms with Gasteiger partial charge in [0.2, 0.25) is 11.7 Å². The number of benzene rings is 1. The van der Waals surface area contributed by atoms with Crippen LogP contribution >= 0.6 is 31.9 Å². The summed E-state index contributed by atoms with van der Waals surface area (Å²) >= 11 is 6.75. The van der Waals surface area contributed by atoms with Crippen molar-refractivity contribution in [3.8, 4) is 11.4 Å². The third-order valence-electron chi connectivity index (χ3n) is 2.24. The zero-order valence-electron chi connectivity index (χ0n) is 8.95. The summed E-state index contributed by atoms with van der Waals surface area (Å²) in [6, 6.07) is 4.36. The first-order valence-electron chi connectivity index (χ1n) is 5.05. The molecule has 17 heavy (non-hydrogen) atoms. The standard InChI is InChI=1S/C11H9Br2FN2O/c1-2-8(12)11-15-10(16-17-11)7-5-6(14)3-4-9(7)13/h3-5,8H,2H2,1H3. The second kappa shape index (κ2) is 5.27. The van der Waals surface area contributed by atoms with Crippen molar-refractivity contribution in [2.24, 2.45) is 0 Å². The molecule has 3 nitrogen and oxygen atoms in total. The molecule has 0 amide bonds. The third kappa shape index (κ3) is 2.74. The molecule has 90 valence electrons. The maximum atomic E-state index is 13.1. The highest BCUT2D eigenvalue weighted by molar-refractivity contribution is 9.10. The van der Waals surface area contributed by atoms with Crippen molar-refractivity contribution in [2.45, 2.75) is 18.2 Å². The van der Waals surface area contributed by atoms with Gasteiger partial charge in [0, 0.05) is 10.0 Å². The zero-order chi connectivity index (χ0) is 12.4. The molecule has 1 aromatic heterocycles. The molecule has 0 spiro atoms. The summed E-state index contributed by atoms with van der Waals surface area (Å²) in [6.45, 7) is 2.00. The lowest BCUT2D eigenvalue weighted by molar-refractivity contribution is 0.377. The van der Waals surface area contributed by atoms with Crippen molar-refractivity contribution in [3.05, 3.63) is 34.4 Å². The molecule has 0 aliphatic carbocycles. The Kier molecular flexibility index (Phi) is 3.93. The van der Waals surface area contributed by atoms with Crippen molar-refractivity contribution in [2.75, 3.05) is 0 Å². The Balaban J connectivity index is 2.40. The van der Waals surface area contributed by atoms with E-state index in [1.807, 2.05) is 6.92 Å². The smallest absolute Gasteiger partial charge is 0.240 e. The average molecular weight is 364 g/mol. The van der Waals surface area contributed by atoms with Crippen LogP contribution in [0.5, 0.6) is 0 Å². The van der Waals surface area contributed by atoms with Gasteiger partial charge in [0.15, 0.2) is 0 Å². The highest BCUT2D eigenvalue weighted by atomic mass is 79.9. The van der Waals surface area contributed by atoms with Crippen LogP contribution in [0.1, 0.15) is 24.1 Å². The van der Waals surface area contributed by atoms with Crippen LogP contribution in [0.4, 0.5) is 4.39 Å². The van der Waals surface area contributed by atoms with Gasteiger partial charge in [-0.1, -0.05) is 43.9 Å². The summed E-state index contributed by atoms with van der Waals surface area (Å²) in [5.41, 5.74) is 0.579. The SMILES string of the molecule is CCC(Br)c1nc(-c2cc(F)ccc2Br)no1. The predicted octanol–water partition coefficient (Wildman–Crippen LogP) is 4.48. The molecule has 0 saturated heterocycles. The molecule has 1 heterocycles. The van der Waals surface area contributed by atoms with E-state index in [-0.39, 0.29) is 10.6 Å². The van der Waals surface area contributed by atoms with Crippen molar-refractivity contribution < 1.29 is 8.91 Å². The van der Waals surface area contributed by atoms with Gasteiger partial charge in [-0.15, -0.1) is 0 Å². The van der Waals surface area contributed by atoms with Gasteiger partial charge in [-0.05, 0) is 24.6 Å². The first-order chi connectivity index (χ1) is 8.11. The predicted molar refractivity (Wildman–Crippen MR) is 69.4 cm³/mol. The Morgan fingerprint density at radius 1 is 1.47 bits per heavy atom. The molecule has 0 radical (unpaired) electrons. The molecule has 2 aromatic rings. The molecule has 0 N–H and O–H groups in total. The summed E-state index contributed by atoms with van der Waals surface area (Å²) in [5, 5.41) is 3.84. The minimum absolute atomic E-state index is 0.0242. The lowest BCUT2D eigenvalue weighted by atomic mass is 10.2. The molecule has 0 fully saturated rings. The van der Waals surface area contributed by atoms with Crippen LogP contribution in [-0.2, 0) is 0 Å². The van der Waals surface area contributed by atoms with E-state index in [0.717, 1.165) is 10.9 Å².